The first-order valence-corrected chi connectivity index (χ1v) is 22.6. The van der Waals surface area contributed by atoms with Gasteiger partial charge < -0.3 is 9.08 Å². The summed E-state index contributed by atoms with van der Waals surface area (Å²) in [6.07, 6.45) is 0. The summed E-state index contributed by atoms with van der Waals surface area (Å²) < 4.78 is 73.2. The van der Waals surface area contributed by atoms with Crippen molar-refractivity contribution in [3.05, 3.63) is 216 Å². The molecule has 0 aliphatic heterocycles. The van der Waals surface area contributed by atoms with Crippen LogP contribution in [0.3, 0.4) is 0 Å². The van der Waals surface area contributed by atoms with Crippen molar-refractivity contribution < 1.29 is 25.8 Å². The molecule has 1 aromatic heterocycles. The van der Waals surface area contributed by atoms with Crippen molar-refractivity contribution in [2.24, 2.45) is 0 Å². The zero-order valence-corrected chi connectivity index (χ0v) is 34.7. The van der Waals surface area contributed by atoms with Crippen LogP contribution in [0.25, 0.3) is 64.3 Å². The quantitative estimate of drug-likeness (QED) is 0.123. The highest BCUT2D eigenvalue weighted by molar-refractivity contribution is 7.88. The van der Waals surface area contributed by atoms with Crippen molar-refractivity contribution in [2.45, 2.75) is 10.9 Å². The van der Waals surface area contributed by atoms with Gasteiger partial charge in [-0.05, 0) is 115 Å². The van der Waals surface area contributed by atoms with E-state index in [1.807, 2.05) is 77.7 Å². The molecule has 0 amide bonds. The molecule has 0 saturated carbocycles. The number of hydrogen-bond donors (Lipinski definition) is 0. The van der Waals surface area contributed by atoms with Crippen molar-refractivity contribution in [1.82, 2.24) is 0 Å². The highest BCUT2D eigenvalue weighted by atomic mass is 32.2. The number of benzene rings is 9. The summed E-state index contributed by atoms with van der Waals surface area (Å²) in [5.74, 6) is -0.444. The lowest BCUT2D eigenvalue weighted by atomic mass is 9.70. The minimum atomic E-state index is -5.99. The second-order valence-electron chi connectivity index (χ2n) is 15.9. The Balaban J connectivity index is 1.09. The first kappa shape index (κ1) is 37.6. The second kappa shape index (κ2) is 13.6. The number of fused-ring (bicyclic) bond motifs is 15. The molecule has 9 aromatic carbocycles. The van der Waals surface area contributed by atoms with Gasteiger partial charge in [-0.15, -0.1) is 11.3 Å². The Kier molecular flexibility index (Phi) is 8.14. The third-order valence-electron chi connectivity index (χ3n) is 12.6. The third-order valence-corrected chi connectivity index (χ3v) is 14.8. The zero-order valence-electron chi connectivity index (χ0n) is 33.1. The van der Waals surface area contributed by atoms with E-state index in [9.17, 15) is 21.6 Å². The number of rotatable bonds is 6. The van der Waals surface area contributed by atoms with E-state index in [2.05, 4.69) is 109 Å². The van der Waals surface area contributed by atoms with Crippen LogP contribution in [0, 0.1) is 0 Å². The smallest absolute Gasteiger partial charge is 0.376 e. The Bertz CT molecular complexity index is 3540. The van der Waals surface area contributed by atoms with Crippen LogP contribution in [0.5, 0.6) is 5.75 Å². The van der Waals surface area contributed by atoms with Gasteiger partial charge in [0.1, 0.15) is 5.75 Å². The van der Waals surface area contributed by atoms with Gasteiger partial charge in [0, 0.05) is 32.9 Å². The lowest BCUT2D eigenvalue weighted by Gasteiger charge is -2.30. The molecule has 0 saturated heterocycles. The average molecular weight is 864 g/mol. The maximum atomic E-state index is 13.9. The SMILES string of the molecule is O=S(=O)(Oc1cc(N(c2ccccc2)c2ccccc2)c2sc3ccc(-c4ccc5c(c4)-c4c(ccc6ccccc46)C54c5ccccc5-c5ccccc54)cc3c2c1)C(F)(F)F. The summed E-state index contributed by atoms with van der Waals surface area (Å²) in [4.78, 5) is 1.91. The van der Waals surface area contributed by atoms with Crippen LogP contribution in [0.15, 0.2) is 194 Å². The fraction of sp³-hybridized carbons (Fsp3) is 0.0370. The maximum Gasteiger partial charge on any atom is 0.534 e. The number of para-hydroxylation sites is 2. The van der Waals surface area contributed by atoms with E-state index in [0.29, 0.717) is 11.1 Å². The van der Waals surface area contributed by atoms with E-state index in [1.165, 1.54) is 67.8 Å². The standard InChI is InChI=1S/C54H32F3NO3S2/c55-54(56,57)63(59,60)61-38-31-43-42-29-35(25-28-50(42)62-52(43)49(32-38)58(36-14-3-1-4-15-36)37-16-5-2-6-17-37)34-24-26-47-44(30-34)51-39-18-8-7-13-33(39)23-27-48(51)53(47)45-21-11-9-19-40(45)41-20-10-12-22-46(41)53/h1-32H. The predicted molar refractivity (Wildman–Crippen MR) is 249 cm³/mol. The summed E-state index contributed by atoms with van der Waals surface area (Å²) in [6.45, 7) is 0. The molecule has 63 heavy (non-hydrogen) atoms. The van der Waals surface area contributed by atoms with E-state index in [-0.39, 0.29) is 0 Å². The highest BCUT2D eigenvalue weighted by Gasteiger charge is 2.52. The van der Waals surface area contributed by atoms with Gasteiger partial charge in [-0.2, -0.15) is 21.6 Å². The van der Waals surface area contributed by atoms with Crippen LogP contribution in [0.4, 0.5) is 30.2 Å². The number of nitrogens with zero attached hydrogens (tertiary/aromatic N) is 1. The van der Waals surface area contributed by atoms with Crippen molar-refractivity contribution >= 4 is 69.5 Å². The average Bonchev–Trinajstić information content (AvgIpc) is 3.93. The molecule has 0 unspecified atom stereocenters. The summed E-state index contributed by atoms with van der Waals surface area (Å²) in [5.41, 5.74) is 7.38. The number of alkyl halides is 3. The fourth-order valence-corrected chi connectivity index (χ4v) is 11.7. The normalized spacial score (nSPS) is 13.6. The number of anilines is 3. The lowest BCUT2D eigenvalue weighted by molar-refractivity contribution is -0.0500. The molecule has 9 heteroatoms. The predicted octanol–water partition coefficient (Wildman–Crippen LogP) is 14.9. The Hall–Kier alpha value is -7.20. The largest absolute Gasteiger partial charge is 0.534 e. The van der Waals surface area contributed by atoms with Crippen LogP contribution in [0.1, 0.15) is 22.3 Å². The fourth-order valence-electron chi connectivity index (χ4n) is 10.1. The van der Waals surface area contributed by atoms with Crippen molar-refractivity contribution in [1.29, 1.82) is 0 Å². The monoisotopic (exact) mass is 863 g/mol. The Morgan fingerprint density at radius 3 is 1.76 bits per heavy atom. The number of hydrogen-bond acceptors (Lipinski definition) is 5. The van der Waals surface area contributed by atoms with Crippen LogP contribution in [-0.4, -0.2) is 13.9 Å². The molecule has 2 aliphatic rings. The molecule has 4 nitrogen and oxygen atoms in total. The van der Waals surface area contributed by atoms with Crippen molar-refractivity contribution in [3.8, 4) is 39.1 Å². The minimum absolute atomic E-state index is 0.444. The molecule has 0 N–H and O–H groups in total. The molecule has 0 fully saturated rings. The Morgan fingerprint density at radius 1 is 0.508 bits per heavy atom. The molecule has 10 aromatic rings. The molecule has 1 heterocycles. The van der Waals surface area contributed by atoms with E-state index < -0.39 is 26.8 Å². The van der Waals surface area contributed by atoms with Crippen LogP contribution in [-0.2, 0) is 15.5 Å². The lowest BCUT2D eigenvalue weighted by Crippen LogP contribution is -2.28. The van der Waals surface area contributed by atoms with Gasteiger partial charge in [0.15, 0.2) is 0 Å². The third kappa shape index (κ3) is 5.49. The van der Waals surface area contributed by atoms with Gasteiger partial charge in [-0.3, -0.25) is 0 Å². The van der Waals surface area contributed by atoms with Gasteiger partial charge in [-0.25, -0.2) is 0 Å². The molecular formula is C54H32F3NO3S2. The molecule has 0 bridgehead atoms. The first-order chi connectivity index (χ1) is 30.6. The molecule has 0 atom stereocenters. The molecule has 12 rings (SSSR count). The van der Waals surface area contributed by atoms with Crippen molar-refractivity contribution in [3.63, 3.8) is 0 Å². The van der Waals surface area contributed by atoms with Crippen LogP contribution in [0.2, 0.25) is 0 Å². The van der Waals surface area contributed by atoms with Crippen LogP contribution >= 0.6 is 11.3 Å². The van der Waals surface area contributed by atoms with Gasteiger partial charge in [-0.1, -0.05) is 140 Å². The molecular weight excluding hydrogens is 832 g/mol. The Labute approximate surface area is 364 Å². The first-order valence-electron chi connectivity index (χ1n) is 20.4. The molecule has 0 radical (unpaired) electrons. The maximum absolute atomic E-state index is 13.9. The summed E-state index contributed by atoms with van der Waals surface area (Å²) in [5, 5.41) is 3.64. The number of halogens is 3. The molecule has 1 spiro atoms. The van der Waals surface area contributed by atoms with E-state index in [0.717, 1.165) is 48.2 Å². The van der Waals surface area contributed by atoms with E-state index in [1.54, 1.807) is 0 Å². The highest BCUT2D eigenvalue weighted by Crippen LogP contribution is 2.64. The van der Waals surface area contributed by atoms with Crippen molar-refractivity contribution in [2.75, 3.05) is 4.90 Å². The van der Waals surface area contributed by atoms with Crippen LogP contribution < -0.4 is 9.08 Å². The van der Waals surface area contributed by atoms with Gasteiger partial charge in [0.25, 0.3) is 0 Å². The van der Waals surface area contributed by atoms with Gasteiger partial charge >= 0.3 is 15.6 Å². The number of thiophene rings is 1. The Morgan fingerprint density at radius 2 is 1.08 bits per heavy atom. The topological polar surface area (TPSA) is 46.6 Å². The summed E-state index contributed by atoms with van der Waals surface area (Å²) in [6, 6.07) is 64.9. The van der Waals surface area contributed by atoms with E-state index in [4.69, 9.17) is 4.18 Å². The summed E-state index contributed by atoms with van der Waals surface area (Å²) in [7, 11) is -5.99. The van der Waals surface area contributed by atoms with Gasteiger partial charge in [0.05, 0.1) is 15.8 Å². The summed E-state index contributed by atoms with van der Waals surface area (Å²) >= 11 is 1.49. The zero-order chi connectivity index (χ0) is 42.7. The van der Waals surface area contributed by atoms with Gasteiger partial charge in [0.2, 0.25) is 0 Å². The molecule has 304 valence electrons. The molecule has 2 aliphatic carbocycles. The second-order valence-corrected chi connectivity index (χ2v) is 18.5. The minimum Gasteiger partial charge on any atom is -0.376 e. The van der Waals surface area contributed by atoms with E-state index >= 15 is 0 Å².